The summed E-state index contributed by atoms with van der Waals surface area (Å²) in [6, 6.07) is 16.8. The normalized spacial score (nSPS) is 12.0. The van der Waals surface area contributed by atoms with Gasteiger partial charge in [-0.2, -0.15) is 4.98 Å². The van der Waals surface area contributed by atoms with Crippen molar-refractivity contribution >= 4 is 33.4 Å². The molecule has 0 aliphatic carbocycles. The van der Waals surface area contributed by atoms with E-state index >= 15 is 0 Å². The number of aromatic nitrogens is 3. The van der Waals surface area contributed by atoms with Crippen molar-refractivity contribution in [2.75, 3.05) is 0 Å². The molecule has 0 bridgehead atoms. The zero-order valence-corrected chi connectivity index (χ0v) is 15.9. The van der Waals surface area contributed by atoms with E-state index < -0.39 is 0 Å². The van der Waals surface area contributed by atoms with Gasteiger partial charge in [-0.05, 0) is 51.9 Å². The molecule has 26 heavy (non-hydrogen) atoms. The fraction of sp³-hybridized carbons (Fsp3) is 0.227. The summed E-state index contributed by atoms with van der Waals surface area (Å²) in [6.07, 6.45) is 2.83. The van der Waals surface area contributed by atoms with Crippen LogP contribution < -0.4 is 0 Å². The standard InChI is InChI=1S/C22H20ClN3/c1-22(2,3)12-14-10-18-19(25-21(23)26-20(18)24-13-14)17-9-8-15-6-4-5-7-16(15)11-17/h4-11,13H,12H2,1-3H3. The second-order valence-corrected chi connectivity index (χ2v) is 8.19. The van der Waals surface area contributed by atoms with Gasteiger partial charge in [-0.25, -0.2) is 9.97 Å². The van der Waals surface area contributed by atoms with E-state index in [1.165, 1.54) is 16.3 Å². The molecular weight excluding hydrogens is 342 g/mol. The maximum atomic E-state index is 6.18. The third-order valence-corrected chi connectivity index (χ3v) is 4.51. The van der Waals surface area contributed by atoms with Crippen LogP contribution in [-0.4, -0.2) is 15.0 Å². The summed E-state index contributed by atoms with van der Waals surface area (Å²) in [6.45, 7) is 6.67. The molecule has 0 unspecified atom stereocenters. The summed E-state index contributed by atoms with van der Waals surface area (Å²) >= 11 is 6.18. The monoisotopic (exact) mass is 361 g/mol. The number of hydrogen-bond acceptors (Lipinski definition) is 3. The van der Waals surface area contributed by atoms with Crippen LogP contribution in [-0.2, 0) is 6.42 Å². The molecule has 4 heteroatoms. The molecule has 0 aliphatic heterocycles. The van der Waals surface area contributed by atoms with Gasteiger partial charge in [0.25, 0.3) is 0 Å². The molecule has 0 atom stereocenters. The van der Waals surface area contributed by atoms with Crippen molar-refractivity contribution < 1.29 is 0 Å². The molecular formula is C22H20ClN3. The maximum Gasteiger partial charge on any atom is 0.225 e. The van der Waals surface area contributed by atoms with E-state index in [0.717, 1.165) is 23.1 Å². The molecule has 0 saturated heterocycles. The zero-order chi connectivity index (χ0) is 18.3. The van der Waals surface area contributed by atoms with Gasteiger partial charge in [-0.15, -0.1) is 0 Å². The Labute approximate surface area is 158 Å². The number of nitrogens with zero attached hydrogens (tertiary/aromatic N) is 3. The molecule has 0 radical (unpaired) electrons. The van der Waals surface area contributed by atoms with Crippen molar-refractivity contribution in [1.82, 2.24) is 15.0 Å². The molecule has 130 valence electrons. The topological polar surface area (TPSA) is 38.7 Å². The van der Waals surface area contributed by atoms with Crippen molar-refractivity contribution in [3.05, 3.63) is 65.6 Å². The van der Waals surface area contributed by atoms with Gasteiger partial charge < -0.3 is 0 Å². The summed E-state index contributed by atoms with van der Waals surface area (Å²) in [5.41, 5.74) is 3.84. The predicted octanol–water partition coefficient (Wildman–Crippen LogP) is 6.09. The van der Waals surface area contributed by atoms with E-state index in [9.17, 15) is 0 Å². The van der Waals surface area contributed by atoms with E-state index in [-0.39, 0.29) is 10.7 Å². The summed E-state index contributed by atoms with van der Waals surface area (Å²) < 4.78 is 0. The van der Waals surface area contributed by atoms with Crippen LogP contribution in [0, 0.1) is 5.41 Å². The van der Waals surface area contributed by atoms with Crippen LogP contribution in [0.1, 0.15) is 26.3 Å². The molecule has 0 amide bonds. The Morgan fingerprint density at radius 3 is 2.46 bits per heavy atom. The highest BCUT2D eigenvalue weighted by Gasteiger charge is 2.15. The Morgan fingerprint density at radius 2 is 1.69 bits per heavy atom. The molecule has 0 saturated carbocycles. The summed E-state index contributed by atoms with van der Waals surface area (Å²) in [4.78, 5) is 13.4. The zero-order valence-electron chi connectivity index (χ0n) is 15.1. The minimum atomic E-state index is 0.186. The van der Waals surface area contributed by atoms with Crippen LogP contribution >= 0.6 is 11.6 Å². The van der Waals surface area contributed by atoms with Crippen LogP contribution in [0.2, 0.25) is 5.28 Å². The average Bonchev–Trinajstić information content (AvgIpc) is 2.59. The molecule has 4 rings (SSSR count). The number of rotatable bonds is 2. The Morgan fingerprint density at radius 1 is 0.923 bits per heavy atom. The molecule has 3 nitrogen and oxygen atoms in total. The second-order valence-electron chi connectivity index (χ2n) is 7.86. The van der Waals surface area contributed by atoms with Gasteiger partial charge in [0, 0.05) is 17.1 Å². The van der Waals surface area contributed by atoms with Gasteiger partial charge >= 0.3 is 0 Å². The first-order valence-electron chi connectivity index (χ1n) is 8.70. The first-order chi connectivity index (χ1) is 12.4. The first-order valence-corrected chi connectivity index (χ1v) is 9.08. The lowest BCUT2D eigenvalue weighted by Gasteiger charge is -2.18. The largest absolute Gasteiger partial charge is 0.236 e. The Kier molecular flexibility index (Phi) is 4.12. The third kappa shape index (κ3) is 3.40. The maximum absolute atomic E-state index is 6.18. The van der Waals surface area contributed by atoms with Crippen LogP contribution in [0.4, 0.5) is 0 Å². The number of benzene rings is 2. The minimum absolute atomic E-state index is 0.186. The molecule has 0 spiro atoms. The van der Waals surface area contributed by atoms with Crippen LogP contribution in [0.25, 0.3) is 33.1 Å². The first kappa shape index (κ1) is 16.9. The summed E-state index contributed by atoms with van der Waals surface area (Å²) in [5.74, 6) is 0. The summed E-state index contributed by atoms with van der Waals surface area (Å²) in [5, 5.41) is 3.53. The third-order valence-electron chi connectivity index (χ3n) is 4.34. The van der Waals surface area contributed by atoms with E-state index in [0.29, 0.717) is 5.65 Å². The van der Waals surface area contributed by atoms with Crippen LogP contribution in [0.5, 0.6) is 0 Å². The van der Waals surface area contributed by atoms with E-state index in [4.69, 9.17) is 11.6 Å². The molecule has 0 aliphatic rings. The van der Waals surface area contributed by atoms with Gasteiger partial charge in [-0.3, -0.25) is 0 Å². The van der Waals surface area contributed by atoms with E-state index in [1.807, 2.05) is 18.3 Å². The lowest BCUT2D eigenvalue weighted by atomic mass is 9.88. The van der Waals surface area contributed by atoms with Gasteiger partial charge in [0.05, 0.1) is 5.69 Å². The lowest BCUT2D eigenvalue weighted by Crippen LogP contribution is -2.09. The Bertz CT molecular complexity index is 1110. The van der Waals surface area contributed by atoms with Gasteiger partial charge in [0.15, 0.2) is 5.65 Å². The summed E-state index contributed by atoms with van der Waals surface area (Å²) in [7, 11) is 0. The van der Waals surface area contributed by atoms with Gasteiger partial charge in [-0.1, -0.05) is 57.2 Å². The average molecular weight is 362 g/mol. The lowest BCUT2D eigenvalue weighted by molar-refractivity contribution is 0.411. The smallest absolute Gasteiger partial charge is 0.225 e. The molecule has 0 fully saturated rings. The quantitative estimate of drug-likeness (QED) is 0.406. The highest BCUT2D eigenvalue weighted by atomic mass is 35.5. The minimum Gasteiger partial charge on any atom is -0.236 e. The van der Waals surface area contributed by atoms with Gasteiger partial charge in [0.2, 0.25) is 5.28 Å². The van der Waals surface area contributed by atoms with Crippen molar-refractivity contribution in [2.45, 2.75) is 27.2 Å². The van der Waals surface area contributed by atoms with E-state index in [1.54, 1.807) is 0 Å². The van der Waals surface area contributed by atoms with Crippen LogP contribution in [0.15, 0.2) is 54.7 Å². The van der Waals surface area contributed by atoms with Crippen molar-refractivity contribution in [1.29, 1.82) is 0 Å². The Hall–Kier alpha value is -2.52. The Balaban J connectivity index is 1.92. The van der Waals surface area contributed by atoms with E-state index in [2.05, 4.69) is 72.1 Å². The fourth-order valence-corrected chi connectivity index (χ4v) is 3.46. The number of pyridine rings is 1. The number of halogens is 1. The highest BCUT2D eigenvalue weighted by molar-refractivity contribution is 6.28. The van der Waals surface area contributed by atoms with Gasteiger partial charge in [0.1, 0.15) is 0 Å². The van der Waals surface area contributed by atoms with Crippen molar-refractivity contribution in [3.63, 3.8) is 0 Å². The van der Waals surface area contributed by atoms with Crippen molar-refractivity contribution in [3.8, 4) is 11.3 Å². The molecule has 4 aromatic rings. The fourth-order valence-electron chi connectivity index (χ4n) is 3.29. The predicted molar refractivity (Wildman–Crippen MR) is 108 cm³/mol. The second kappa shape index (κ2) is 6.33. The number of hydrogen-bond donors (Lipinski definition) is 0. The molecule has 2 aromatic heterocycles. The molecule has 2 heterocycles. The highest BCUT2D eigenvalue weighted by Crippen LogP contribution is 2.30. The number of fused-ring (bicyclic) bond motifs is 2. The van der Waals surface area contributed by atoms with Crippen molar-refractivity contribution in [2.24, 2.45) is 5.41 Å². The molecule has 2 aromatic carbocycles. The molecule has 0 N–H and O–H groups in total. The van der Waals surface area contributed by atoms with Crippen LogP contribution in [0.3, 0.4) is 0 Å². The SMILES string of the molecule is CC(C)(C)Cc1cnc2nc(Cl)nc(-c3ccc4ccccc4c3)c2c1.